The van der Waals surface area contributed by atoms with Gasteiger partial charge in [-0.05, 0) is 55.9 Å². The standard InChI is InChI=1S/C21H40N2O3/c1-6-8-16(13-23-18(7-2)21(22)25)12-20(24)26-19-11-15(5)9-10-17(19)14(3)4/h14-19,23H,6-13H2,1-5H3,(H2,22,25)/t15-,16?,17+,18?,19-/m1/s1. The number of hydrogen-bond donors (Lipinski definition) is 2. The van der Waals surface area contributed by atoms with E-state index in [1.165, 1.54) is 6.42 Å². The molecule has 3 N–H and O–H groups in total. The summed E-state index contributed by atoms with van der Waals surface area (Å²) in [6.07, 6.45) is 6.41. The van der Waals surface area contributed by atoms with E-state index in [-0.39, 0.29) is 29.9 Å². The zero-order chi connectivity index (χ0) is 19.7. The van der Waals surface area contributed by atoms with Crippen LogP contribution in [0.25, 0.3) is 0 Å². The number of primary amides is 1. The molecule has 0 radical (unpaired) electrons. The van der Waals surface area contributed by atoms with E-state index in [4.69, 9.17) is 10.5 Å². The van der Waals surface area contributed by atoms with Gasteiger partial charge in [0.25, 0.3) is 0 Å². The molecule has 0 spiro atoms. The number of esters is 1. The maximum atomic E-state index is 12.6. The van der Waals surface area contributed by atoms with Crippen molar-refractivity contribution in [2.45, 2.75) is 91.7 Å². The van der Waals surface area contributed by atoms with Crippen molar-refractivity contribution in [1.29, 1.82) is 0 Å². The van der Waals surface area contributed by atoms with Gasteiger partial charge in [0.2, 0.25) is 5.91 Å². The summed E-state index contributed by atoms with van der Waals surface area (Å²) in [5.41, 5.74) is 5.40. The molecule has 0 saturated heterocycles. The van der Waals surface area contributed by atoms with Gasteiger partial charge in [-0.1, -0.05) is 47.5 Å². The van der Waals surface area contributed by atoms with Gasteiger partial charge in [0.1, 0.15) is 6.10 Å². The third-order valence-corrected chi connectivity index (χ3v) is 5.80. The van der Waals surface area contributed by atoms with Crippen LogP contribution in [-0.2, 0) is 14.3 Å². The van der Waals surface area contributed by atoms with E-state index in [1.54, 1.807) is 0 Å². The van der Waals surface area contributed by atoms with Gasteiger partial charge in [-0.2, -0.15) is 0 Å². The fourth-order valence-electron chi connectivity index (χ4n) is 4.14. The SMILES string of the molecule is CCCC(CNC(CC)C(N)=O)CC(=O)O[C@@H]1C[C@H](C)CC[C@H]1C(C)C. The molecule has 5 atom stereocenters. The van der Waals surface area contributed by atoms with Crippen LogP contribution in [0.1, 0.15) is 79.6 Å². The molecule has 1 fully saturated rings. The predicted octanol–water partition coefficient (Wildman–Crippen LogP) is 3.65. The smallest absolute Gasteiger partial charge is 0.306 e. The van der Waals surface area contributed by atoms with Crippen molar-refractivity contribution in [3.05, 3.63) is 0 Å². The van der Waals surface area contributed by atoms with Gasteiger partial charge in [-0.15, -0.1) is 0 Å². The number of hydrogen-bond acceptors (Lipinski definition) is 4. The minimum absolute atomic E-state index is 0.0514. The summed E-state index contributed by atoms with van der Waals surface area (Å²) in [5, 5.41) is 3.21. The molecule has 1 saturated carbocycles. The van der Waals surface area contributed by atoms with Gasteiger partial charge in [-0.25, -0.2) is 0 Å². The van der Waals surface area contributed by atoms with E-state index in [9.17, 15) is 9.59 Å². The summed E-state index contributed by atoms with van der Waals surface area (Å²) in [4.78, 5) is 24.0. The highest BCUT2D eigenvalue weighted by Gasteiger charge is 2.33. The van der Waals surface area contributed by atoms with E-state index in [1.807, 2.05) is 6.92 Å². The Kier molecular flexibility index (Phi) is 10.2. The van der Waals surface area contributed by atoms with Crippen LogP contribution >= 0.6 is 0 Å². The highest BCUT2D eigenvalue weighted by atomic mass is 16.5. The lowest BCUT2D eigenvalue weighted by Crippen LogP contribution is -2.43. The van der Waals surface area contributed by atoms with Crippen LogP contribution in [0.5, 0.6) is 0 Å². The normalized spacial score (nSPS) is 25.7. The molecule has 1 rings (SSSR count). The number of rotatable bonds is 11. The van der Waals surface area contributed by atoms with Crippen LogP contribution in [-0.4, -0.2) is 30.6 Å². The van der Waals surface area contributed by atoms with Crippen LogP contribution in [0, 0.1) is 23.7 Å². The fraction of sp³-hybridized carbons (Fsp3) is 0.905. The van der Waals surface area contributed by atoms with Crippen LogP contribution in [0.15, 0.2) is 0 Å². The first kappa shape index (κ1) is 22.9. The second kappa shape index (κ2) is 11.6. The third kappa shape index (κ3) is 7.65. The first-order chi connectivity index (χ1) is 12.3. The zero-order valence-electron chi connectivity index (χ0n) is 17.4. The van der Waals surface area contributed by atoms with E-state index in [2.05, 4.69) is 33.0 Å². The summed E-state index contributed by atoms with van der Waals surface area (Å²) in [6.45, 7) is 11.4. The van der Waals surface area contributed by atoms with E-state index >= 15 is 0 Å². The Labute approximate surface area is 159 Å². The molecule has 152 valence electrons. The topological polar surface area (TPSA) is 81.4 Å². The van der Waals surface area contributed by atoms with Crippen molar-refractivity contribution in [3.8, 4) is 0 Å². The Morgan fingerprint density at radius 2 is 1.92 bits per heavy atom. The quantitative estimate of drug-likeness (QED) is 0.545. The summed E-state index contributed by atoms with van der Waals surface area (Å²) >= 11 is 0. The Hall–Kier alpha value is -1.10. The first-order valence-corrected chi connectivity index (χ1v) is 10.5. The number of amides is 1. The predicted molar refractivity (Wildman–Crippen MR) is 106 cm³/mol. The molecule has 0 bridgehead atoms. The average Bonchev–Trinajstić information content (AvgIpc) is 2.54. The van der Waals surface area contributed by atoms with Crippen LogP contribution < -0.4 is 11.1 Å². The minimum Gasteiger partial charge on any atom is -0.462 e. The summed E-state index contributed by atoms with van der Waals surface area (Å²) in [6, 6.07) is -0.324. The summed E-state index contributed by atoms with van der Waals surface area (Å²) < 4.78 is 5.93. The van der Waals surface area contributed by atoms with Crippen molar-refractivity contribution in [1.82, 2.24) is 5.32 Å². The van der Waals surface area contributed by atoms with Gasteiger partial charge in [-0.3, -0.25) is 9.59 Å². The lowest BCUT2D eigenvalue weighted by Gasteiger charge is -2.37. The molecule has 0 aliphatic heterocycles. The Balaban J connectivity index is 2.58. The second-order valence-electron chi connectivity index (χ2n) is 8.48. The van der Waals surface area contributed by atoms with Gasteiger partial charge in [0.15, 0.2) is 0 Å². The van der Waals surface area contributed by atoms with Crippen molar-refractivity contribution >= 4 is 11.9 Å². The largest absolute Gasteiger partial charge is 0.462 e. The maximum absolute atomic E-state index is 12.6. The summed E-state index contributed by atoms with van der Waals surface area (Å²) in [5.74, 6) is 1.38. The van der Waals surface area contributed by atoms with Crippen LogP contribution in [0.4, 0.5) is 0 Å². The molecule has 5 heteroatoms. The van der Waals surface area contributed by atoms with Crippen molar-refractivity contribution in [2.24, 2.45) is 29.4 Å². The number of carbonyl (C=O) groups is 2. The Morgan fingerprint density at radius 3 is 2.46 bits per heavy atom. The molecule has 0 heterocycles. The highest BCUT2D eigenvalue weighted by Crippen LogP contribution is 2.35. The van der Waals surface area contributed by atoms with Crippen molar-refractivity contribution in [3.63, 3.8) is 0 Å². The molecule has 26 heavy (non-hydrogen) atoms. The van der Waals surface area contributed by atoms with Crippen LogP contribution in [0.3, 0.4) is 0 Å². The van der Waals surface area contributed by atoms with Gasteiger partial charge in [0, 0.05) is 6.42 Å². The molecule has 0 aromatic carbocycles. The lowest BCUT2D eigenvalue weighted by atomic mass is 9.75. The maximum Gasteiger partial charge on any atom is 0.306 e. The molecule has 1 aliphatic rings. The Morgan fingerprint density at radius 1 is 1.23 bits per heavy atom. The Bertz CT molecular complexity index is 439. The van der Waals surface area contributed by atoms with E-state index < -0.39 is 0 Å². The monoisotopic (exact) mass is 368 g/mol. The minimum atomic E-state index is -0.332. The van der Waals surface area contributed by atoms with Gasteiger partial charge < -0.3 is 15.8 Å². The molecular formula is C21H40N2O3. The summed E-state index contributed by atoms with van der Waals surface area (Å²) in [7, 11) is 0. The molecule has 2 unspecified atom stereocenters. The zero-order valence-corrected chi connectivity index (χ0v) is 17.4. The van der Waals surface area contributed by atoms with E-state index in [0.717, 1.165) is 25.7 Å². The molecular weight excluding hydrogens is 328 g/mol. The molecule has 1 aliphatic carbocycles. The number of nitrogens with two attached hydrogens (primary N) is 1. The lowest BCUT2D eigenvalue weighted by molar-refractivity contribution is -0.157. The second-order valence-corrected chi connectivity index (χ2v) is 8.48. The van der Waals surface area contributed by atoms with E-state index in [0.29, 0.717) is 37.1 Å². The fourth-order valence-corrected chi connectivity index (χ4v) is 4.14. The highest BCUT2D eigenvalue weighted by molar-refractivity contribution is 5.79. The average molecular weight is 369 g/mol. The van der Waals surface area contributed by atoms with Crippen molar-refractivity contribution in [2.75, 3.05) is 6.54 Å². The first-order valence-electron chi connectivity index (χ1n) is 10.5. The van der Waals surface area contributed by atoms with Gasteiger partial charge in [0.05, 0.1) is 6.04 Å². The molecule has 0 aromatic rings. The third-order valence-electron chi connectivity index (χ3n) is 5.80. The molecule has 0 aromatic heterocycles. The van der Waals surface area contributed by atoms with Crippen molar-refractivity contribution < 1.29 is 14.3 Å². The molecule has 5 nitrogen and oxygen atoms in total. The number of carbonyl (C=O) groups excluding carboxylic acids is 2. The van der Waals surface area contributed by atoms with Crippen LogP contribution in [0.2, 0.25) is 0 Å². The number of nitrogens with one attached hydrogen (secondary N) is 1. The number of ether oxygens (including phenoxy) is 1. The van der Waals surface area contributed by atoms with Gasteiger partial charge >= 0.3 is 5.97 Å². The molecule has 1 amide bonds.